The molecule has 0 radical (unpaired) electrons. The maximum absolute atomic E-state index is 13.5. The fourth-order valence-electron chi connectivity index (χ4n) is 6.76. The molecule has 15 nitrogen and oxygen atoms in total. The number of carbonyl (C=O) groups is 5. The molecule has 1 N–H and O–H groups in total. The molecule has 15 heteroatoms. The van der Waals surface area contributed by atoms with E-state index in [1.807, 2.05) is 48.5 Å². The summed E-state index contributed by atoms with van der Waals surface area (Å²) in [5, 5.41) is 13.1. The summed E-state index contributed by atoms with van der Waals surface area (Å²) in [5.74, 6) is -1.37. The van der Waals surface area contributed by atoms with Crippen molar-refractivity contribution in [1.82, 2.24) is 10.2 Å². The van der Waals surface area contributed by atoms with Crippen LogP contribution in [0, 0.1) is 10.1 Å². The molecule has 1 unspecified atom stereocenters. The molecule has 7 rings (SSSR count). The average Bonchev–Trinajstić information content (AvgIpc) is 3.63. The number of nitro benzene ring substituents is 1. The molecule has 3 aliphatic heterocycles. The Balaban J connectivity index is 0.791. The first-order valence-corrected chi connectivity index (χ1v) is 18.6. The van der Waals surface area contributed by atoms with E-state index >= 15 is 0 Å². The summed E-state index contributed by atoms with van der Waals surface area (Å²) >= 11 is 0. The highest BCUT2D eigenvalue weighted by atomic mass is 16.6. The van der Waals surface area contributed by atoms with Crippen molar-refractivity contribution in [2.45, 2.75) is 25.4 Å². The molecular formula is C43H38N4O11. The lowest BCUT2D eigenvalue weighted by atomic mass is 10.0. The highest BCUT2D eigenvalue weighted by molar-refractivity contribution is 6.32. The lowest BCUT2D eigenvalue weighted by Crippen LogP contribution is -2.54. The third-order valence-electron chi connectivity index (χ3n) is 9.66. The van der Waals surface area contributed by atoms with Gasteiger partial charge in [0.25, 0.3) is 23.4 Å². The van der Waals surface area contributed by atoms with Crippen LogP contribution in [0.3, 0.4) is 0 Å². The van der Waals surface area contributed by atoms with E-state index in [1.165, 1.54) is 24.3 Å². The largest absolute Gasteiger partial charge is 0.491 e. The van der Waals surface area contributed by atoms with Crippen molar-refractivity contribution in [2.24, 2.45) is 0 Å². The van der Waals surface area contributed by atoms with Crippen LogP contribution in [0.4, 0.5) is 11.4 Å². The van der Waals surface area contributed by atoms with Crippen LogP contribution in [0.2, 0.25) is 0 Å². The van der Waals surface area contributed by atoms with Crippen molar-refractivity contribution in [3.63, 3.8) is 0 Å². The van der Waals surface area contributed by atoms with E-state index in [4.69, 9.17) is 18.9 Å². The van der Waals surface area contributed by atoms with Gasteiger partial charge in [-0.3, -0.25) is 44.3 Å². The SMILES string of the molecule is O=C1CCC(N2C(=O)c3ccc(OCCOCCOCCOc4ccc(CN5C(=O)/C(=C\C=C\c6ccc([N+](=O)[O-])cc6)c6ccccc65)cc4)cc3C2=O)C(=O)N1. The van der Waals surface area contributed by atoms with Gasteiger partial charge >= 0.3 is 0 Å². The summed E-state index contributed by atoms with van der Waals surface area (Å²) in [6, 6.07) is 24.8. The van der Waals surface area contributed by atoms with Crippen molar-refractivity contribution in [3.8, 4) is 11.5 Å². The fourth-order valence-corrected chi connectivity index (χ4v) is 6.76. The van der Waals surface area contributed by atoms with Gasteiger partial charge < -0.3 is 23.8 Å². The number of nitrogens with zero attached hydrogens (tertiary/aromatic N) is 3. The number of benzene rings is 4. The summed E-state index contributed by atoms with van der Waals surface area (Å²) in [6.45, 7) is 2.13. The molecule has 0 bridgehead atoms. The Bertz CT molecular complexity index is 2300. The zero-order valence-corrected chi connectivity index (χ0v) is 31.2. The molecule has 3 heterocycles. The zero-order valence-electron chi connectivity index (χ0n) is 31.2. The number of rotatable bonds is 17. The third-order valence-corrected chi connectivity index (χ3v) is 9.66. The number of amides is 5. The van der Waals surface area contributed by atoms with Crippen LogP contribution in [0.25, 0.3) is 11.6 Å². The van der Waals surface area contributed by atoms with Crippen LogP contribution in [0.1, 0.15) is 50.2 Å². The molecule has 0 saturated carbocycles. The number of allylic oxidation sites excluding steroid dienone is 2. The van der Waals surface area contributed by atoms with E-state index < -0.39 is 34.6 Å². The van der Waals surface area contributed by atoms with Crippen molar-refractivity contribution < 1.29 is 47.8 Å². The second-order valence-corrected chi connectivity index (χ2v) is 13.4. The van der Waals surface area contributed by atoms with Crippen molar-refractivity contribution in [1.29, 1.82) is 0 Å². The molecule has 0 spiro atoms. The van der Waals surface area contributed by atoms with E-state index in [0.29, 0.717) is 50.0 Å². The number of ether oxygens (including phenoxy) is 4. The molecule has 1 fully saturated rings. The molecule has 1 atom stereocenters. The Morgan fingerprint density at radius 1 is 0.724 bits per heavy atom. The minimum Gasteiger partial charge on any atom is -0.491 e. The number of hydrogen-bond donors (Lipinski definition) is 1. The van der Waals surface area contributed by atoms with Crippen LogP contribution in [-0.2, 0) is 30.4 Å². The standard InChI is InChI=1S/C43H38N4O11/c48-39-19-18-38(40(49)44-39)46-42(51)35-17-16-32(26-36(35)43(46)52)58-25-23-56-21-20-55-22-24-57-31-14-10-29(11-15-31)27-45-37-7-2-1-5-33(37)34(41(45)50)6-3-4-28-8-12-30(13-9-28)47(53)54/h1-17,26,38H,18-25,27H2,(H,44,48,49)/b4-3+,34-6-. The fraction of sp³-hybridized carbons (Fsp3) is 0.233. The molecular weight excluding hydrogens is 748 g/mol. The Labute approximate surface area is 332 Å². The predicted octanol–water partition coefficient (Wildman–Crippen LogP) is 5.13. The third kappa shape index (κ3) is 8.85. The average molecular weight is 787 g/mol. The van der Waals surface area contributed by atoms with Crippen molar-refractivity contribution >= 4 is 52.6 Å². The van der Waals surface area contributed by atoms with Gasteiger partial charge in [0.15, 0.2) is 0 Å². The van der Waals surface area contributed by atoms with Gasteiger partial charge in [-0.2, -0.15) is 0 Å². The molecule has 0 aliphatic carbocycles. The van der Waals surface area contributed by atoms with E-state index in [1.54, 1.807) is 41.3 Å². The van der Waals surface area contributed by atoms with E-state index in [2.05, 4.69) is 5.32 Å². The number of nitro groups is 1. The number of hydrogen-bond acceptors (Lipinski definition) is 11. The topological polar surface area (TPSA) is 184 Å². The number of non-ortho nitro benzene ring substituents is 1. The Kier molecular flexibility index (Phi) is 12.1. The summed E-state index contributed by atoms with van der Waals surface area (Å²) in [7, 11) is 0. The molecule has 58 heavy (non-hydrogen) atoms. The molecule has 296 valence electrons. The van der Waals surface area contributed by atoms with Gasteiger partial charge in [-0.25, -0.2) is 0 Å². The predicted molar refractivity (Wildman–Crippen MR) is 210 cm³/mol. The Hall–Kier alpha value is -6.97. The monoisotopic (exact) mass is 786 g/mol. The molecule has 1 saturated heterocycles. The number of nitrogens with one attached hydrogen (secondary N) is 1. The first kappa shape index (κ1) is 39.3. The van der Waals surface area contributed by atoms with Crippen LogP contribution in [0.15, 0.2) is 103 Å². The number of imide groups is 2. The zero-order chi connectivity index (χ0) is 40.6. The molecule has 3 aliphatic rings. The minimum absolute atomic E-state index is 0.0152. The summed E-state index contributed by atoms with van der Waals surface area (Å²) in [5.41, 5.74) is 4.24. The first-order valence-electron chi connectivity index (χ1n) is 18.6. The maximum atomic E-state index is 13.5. The number of piperidine rings is 1. The van der Waals surface area contributed by atoms with Crippen LogP contribution >= 0.6 is 0 Å². The van der Waals surface area contributed by atoms with Gasteiger partial charge in [-0.05, 0) is 72.2 Å². The highest BCUT2D eigenvalue weighted by Gasteiger charge is 2.44. The maximum Gasteiger partial charge on any atom is 0.269 e. The lowest BCUT2D eigenvalue weighted by molar-refractivity contribution is -0.384. The normalized spacial score (nSPS) is 16.9. The summed E-state index contributed by atoms with van der Waals surface area (Å²) < 4.78 is 22.7. The number of anilines is 1. The first-order chi connectivity index (χ1) is 28.2. The number of para-hydroxylation sites is 1. The minimum atomic E-state index is -1.03. The van der Waals surface area contributed by atoms with Gasteiger partial charge in [0, 0.05) is 29.7 Å². The quantitative estimate of drug-likeness (QED) is 0.0492. The number of carbonyl (C=O) groups excluding carboxylic acids is 5. The van der Waals surface area contributed by atoms with Crippen LogP contribution < -0.4 is 19.7 Å². The summed E-state index contributed by atoms with van der Waals surface area (Å²) in [6.07, 6.45) is 5.46. The van der Waals surface area contributed by atoms with E-state index in [0.717, 1.165) is 27.3 Å². The highest BCUT2D eigenvalue weighted by Crippen LogP contribution is 2.38. The van der Waals surface area contributed by atoms with Gasteiger partial charge in [0.1, 0.15) is 30.8 Å². The van der Waals surface area contributed by atoms with Crippen LogP contribution in [-0.4, -0.2) is 85.0 Å². The molecule has 5 amide bonds. The lowest BCUT2D eigenvalue weighted by Gasteiger charge is -2.27. The van der Waals surface area contributed by atoms with Crippen LogP contribution in [0.5, 0.6) is 11.5 Å². The van der Waals surface area contributed by atoms with Gasteiger partial charge in [-0.1, -0.05) is 42.5 Å². The van der Waals surface area contributed by atoms with E-state index in [9.17, 15) is 34.1 Å². The van der Waals surface area contributed by atoms with E-state index in [-0.39, 0.29) is 48.8 Å². The second kappa shape index (κ2) is 17.9. The Morgan fingerprint density at radius 2 is 1.38 bits per heavy atom. The van der Waals surface area contributed by atoms with Crippen molar-refractivity contribution in [2.75, 3.05) is 44.5 Å². The number of fused-ring (bicyclic) bond motifs is 2. The smallest absolute Gasteiger partial charge is 0.269 e. The van der Waals surface area contributed by atoms with Gasteiger partial charge in [0.05, 0.1) is 54.7 Å². The summed E-state index contributed by atoms with van der Waals surface area (Å²) in [4.78, 5) is 76.3. The molecule has 4 aromatic rings. The van der Waals surface area contributed by atoms with Gasteiger partial charge in [0.2, 0.25) is 11.8 Å². The Morgan fingerprint density at radius 3 is 2.09 bits per heavy atom. The van der Waals surface area contributed by atoms with Crippen molar-refractivity contribution in [3.05, 3.63) is 141 Å². The molecule has 4 aromatic carbocycles. The van der Waals surface area contributed by atoms with Gasteiger partial charge in [-0.15, -0.1) is 0 Å². The second-order valence-electron chi connectivity index (χ2n) is 13.4. The molecule has 0 aromatic heterocycles.